The third-order valence-corrected chi connectivity index (χ3v) is 2.13. The van der Waals surface area contributed by atoms with Crippen LogP contribution in [0.3, 0.4) is 0 Å². The summed E-state index contributed by atoms with van der Waals surface area (Å²) in [5.74, 6) is -1.94. The second-order valence-electron chi connectivity index (χ2n) is 3.51. The Hall–Kier alpha value is -1.76. The number of benzene rings is 1. The molecular formula is C10H10F3NO3. The monoisotopic (exact) mass is 249 g/mol. The second-order valence-corrected chi connectivity index (χ2v) is 3.51. The summed E-state index contributed by atoms with van der Waals surface area (Å²) >= 11 is 0. The van der Waals surface area contributed by atoms with Gasteiger partial charge in [-0.3, -0.25) is 0 Å². The highest BCUT2D eigenvalue weighted by molar-refractivity contribution is 5.90. The average molecular weight is 249 g/mol. The standard InChI is InChI=1S/C10H10F3NO3/c11-10(12,13)4-7(14)5-1-2-8(15)6(3-5)9(16)17/h1-3,7,15H,4,14H2,(H,16,17)/t7-/m0/s1. The summed E-state index contributed by atoms with van der Waals surface area (Å²) in [7, 11) is 0. The number of carboxylic acid groups (broad SMARTS) is 1. The van der Waals surface area contributed by atoms with Crippen LogP contribution in [0.2, 0.25) is 0 Å². The Balaban J connectivity index is 3.00. The molecule has 17 heavy (non-hydrogen) atoms. The van der Waals surface area contributed by atoms with Crippen molar-refractivity contribution < 1.29 is 28.2 Å². The summed E-state index contributed by atoms with van der Waals surface area (Å²) < 4.78 is 36.3. The van der Waals surface area contributed by atoms with Gasteiger partial charge >= 0.3 is 12.1 Å². The van der Waals surface area contributed by atoms with E-state index in [9.17, 15) is 23.1 Å². The van der Waals surface area contributed by atoms with E-state index in [-0.39, 0.29) is 5.56 Å². The predicted octanol–water partition coefficient (Wildman–Crippen LogP) is 2.04. The highest BCUT2D eigenvalue weighted by Crippen LogP contribution is 2.29. The zero-order chi connectivity index (χ0) is 13.2. The van der Waals surface area contributed by atoms with Crippen molar-refractivity contribution in [2.24, 2.45) is 5.73 Å². The van der Waals surface area contributed by atoms with Crippen molar-refractivity contribution in [3.63, 3.8) is 0 Å². The van der Waals surface area contributed by atoms with E-state index in [4.69, 9.17) is 10.8 Å². The van der Waals surface area contributed by atoms with Crippen LogP contribution in [0.1, 0.15) is 28.4 Å². The quantitative estimate of drug-likeness (QED) is 0.765. The van der Waals surface area contributed by atoms with Gasteiger partial charge in [-0.15, -0.1) is 0 Å². The molecule has 1 atom stereocenters. The van der Waals surface area contributed by atoms with Gasteiger partial charge in [-0.25, -0.2) is 4.79 Å². The van der Waals surface area contributed by atoms with E-state index >= 15 is 0 Å². The van der Waals surface area contributed by atoms with E-state index in [0.29, 0.717) is 0 Å². The SMILES string of the molecule is N[C@@H](CC(F)(F)F)c1ccc(O)c(C(=O)O)c1. The molecule has 0 fully saturated rings. The van der Waals surface area contributed by atoms with E-state index in [2.05, 4.69) is 0 Å². The molecule has 0 unspecified atom stereocenters. The van der Waals surface area contributed by atoms with Crippen molar-refractivity contribution in [1.29, 1.82) is 0 Å². The maximum Gasteiger partial charge on any atom is 0.390 e. The molecule has 0 aliphatic carbocycles. The highest BCUT2D eigenvalue weighted by atomic mass is 19.4. The molecule has 0 amide bonds. The van der Waals surface area contributed by atoms with Crippen LogP contribution in [0.4, 0.5) is 13.2 Å². The van der Waals surface area contributed by atoms with Gasteiger partial charge in [0.15, 0.2) is 0 Å². The van der Waals surface area contributed by atoms with Gasteiger partial charge in [0.1, 0.15) is 11.3 Å². The Morgan fingerprint density at radius 3 is 2.47 bits per heavy atom. The fraction of sp³-hybridized carbons (Fsp3) is 0.300. The van der Waals surface area contributed by atoms with E-state index in [1.54, 1.807) is 0 Å². The van der Waals surface area contributed by atoms with E-state index in [1.165, 1.54) is 0 Å². The lowest BCUT2D eigenvalue weighted by atomic mass is 10.0. The van der Waals surface area contributed by atoms with Gasteiger partial charge in [-0.05, 0) is 17.7 Å². The summed E-state index contributed by atoms with van der Waals surface area (Å²) in [5, 5.41) is 17.9. The molecule has 0 bridgehead atoms. The predicted molar refractivity (Wildman–Crippen MR) is 52.7 cm³/mol. The van der Waals surface area contributed by atoms with E-state index in [1.807, 2.05) is 0 Å². The summed E-state index contributed by atoms with van der Waals surface area (Å²) in [5.41, 5.74) is 4.85. The largest absolute Gasteiger partial charge is 0.507 e. The lowest BCUT2D eigenvalue weighted by molar-refractivity contribution is -0.138. The maximum atomic E-state index is 12.1. The van der Waals surface area contributed by atoms with Crippen molar-refractivity contribution in [1.82, 2.24) is 0 Å². The number of alkyl halides is 3. The molecule has 7 heteroatoms. The Labute approximate surface area is 94.5 Å². The number of rotatable bonds is 3. The first-order chi connectivity index (χ1) is 7.70. The molecule has 1 aromatic carbocycles. The fourth-order valence-corrected chi connectivity index (χ4v) is 1.32. The van der Waals surface area contributed by atoms with Crippen molar-refractivity contribution in [2.45, 2.75) is 18.6 Å². The summed E-state index contributed by atoms with van der Waals surface area (Å²) in [4.78, 5) is 10.7. The number of hydrogen-bond acceptors (Lipinski definition) is 3. The van der Waals surface area contributed by atoms with Crippen LogP contribution in [0.25, 0.3) is 0 Å². The minimum Gasteiger partial charge on any atom is -0.507 e. The topological polar surface area (TPSA) is 83.5 Å². The number of aromatic carboxylic acids is 1. The normalized spacial score (nSPS) is 13.4. The highest BCUT2D eigenvalue weighted by Gasteiger charge is 2.31. The molecule has 0 aliphatic rings. The molecule has 0 saturated heterocycles. The zero-order valence-electron chi connectivity index (χ0n) is 8.53. The lowest BCUT2D eigenvalue weighted by Gasteiger charge is -2.15. The number of carbonyl (C=O) groups is 1. The Morgan fingerprint density at radius 2 is 2.00 bits per heavy atom. The Morgan fingerprint density at radius 1 is 1.41 bits per heavy atom. The van der Waals surface area contributed by atoms with Gasteiger partial charge in [-0.2, -0.15) is 13.2 Å². The van der Waals surface area contributed by atoms with Crippen LogP contribution >= 0.6 is 0 Å². The van der Waals surface area contributed by atoms with Gasteiger partial charge in [0.25, 0.3) is 0 Å². The Bertz CT molecular complexity index is 431. The van der Waals surface area contributed by atoms with Crippen molar-refractivity contribution in [2.75, 3.05) is 0 Å². The van der Waals surface area contributed by atoms with Crippen LogP contribution in [0.15, 0.2) is 18.2 Å². The van der Waals surface area contributed by atoms with Crippen molar-refractivity contribution in [3.8, 4) is 5.75 Å². The summed E-state index contributed by atoms with van der Waals surface area (Å²) in [6.07, 6.45) is -5.68. The van der Waals surface area contributed by atoms with Crippen LogP contribution < -0.4 is 5.73 Å². The first-order valence-corrected chi connectivity index (χ1v) is 4.59. The molecule has 0 spiro atoms. The molecule has 0 aromatic heterocycles. The summed E-state index contributed by atoms with van der Waals surface area (Å²) in [6.45, 7) is 0. The molecule has 4 nitrogen and oxygen atoms in total. The number of aromatic hydroxyl groups is 1. The zero-order valence-corrected chi connectivity index (χ0v) is 8.53. The van der Waals surface area contributed by atoms with Crippen LogP contribution in [0, 0.1) is 0 Å². The van der Waals surface area contributed by atoms with Gasteiger partial charge in [0.2, 0.25) is 0 Å². The number of nitrogens with two attached hydrogens (primary N) is 1. The molecule has 0 saturated carbocycles. The molecule has 1 aromatic rings. The van der Waals surface area contributed by atoms with E-state index in [0.717, 1.165) is 18.2 Å². The van der Waals surface area contributed by atoms with Gasteiger partial charge < -0.3 is 15.9 Å². The summed E-state index contributed by atoms with van der Waals surface area (Å²) in [6, 6.07) is 1.76. The number of carboxylic acids is 1. The van der Waals surface area contributed by atoms with Gasteiger partial charge in [-0.1, -0.05) is 6.07 Å². The molecule has 0 heterocycles. The third-order valence-electron chi connectivity index (χ3n) is 2.13. The molecule has 94 valence electrons. The minimum absolute atomic E-state index is 0.0116. The molecule has 4 N–H and O–H groups in total. The maximum absolute atomic E-state index is 12.1. The molecule has 1 rings (SSSR count). The second kappa shape index (κ2) is 4.62. The molecular weight excluding hydrogens is 239 g/mol. The first kappa shape index (κ1) is 13.3. The van der Waals surface area contributed by atoms with Gasteiger partial charge in [0, 0.05) is 6.04 Å². The van der Waals surface area contributed by atoms with Crippen molar-refractivity contribution in [3.05, 3.63) is 29.3 Å². The fourth-order valence-electron chi connectivity index (χ4n) is 1.32. The van der Waals surface area contributed by atoms with Crippen LogP contribution in [0.5, 0.6) is 5.75 Å². The third kappa shape index (κ3) is 3.63. The lowest BCUT2D eigenvalue weighted by Crippen LogP contribution is -2.20. The van der Waals surface area contributed by atoms with Crippen LogP contribution in [-0.4, -0.2) is 22.4 Å². The first-order valence-electron chi connectivity index (χ1n) is 4.59. The minimum atomic E-state index is -4.43. The van der Waals surface area contributed by atoms with E-state index < -0.39 is 35.9 Å². The molecule has 0 radical (unpaired) electrons. The average Bonchev–Trinajstić information content (AvgIpc) is 2.14. The molecule has 0 aliphatic heterocycles. The number of hydrogen-bond donors (Lipinski definition) is 3. The number of phenols is 1. The van der Waals surface area contributed by atoms with Crippen molar-refractivity contribution >= 4 is 5.97 Å². The van der Waals surface area contributed by atoms with Crippen LogP contribution in [-0.2, 0) is 0 Å². The smallest absolute Gasteiger partial charge is 0.390 e. The number of halogens is 3. The van der Waals surface area contributed by atoms with Gasteiger partial charge in [0.05, 0.1) is 6.42 Å². The Kier molecular flexibility index (Phi) is 3.62.